The van der Waals surface area contributed by atoms with Crippen LogP contribution < -0.4 is 20.9 Å². The van der Waals surface area contributed by atoms with Gasteiger partial charge in [0.1, 0.15) is 5.82 Å². The Morgan fingerprint density at radius 2 is 1.89 bits per heavy atom. The van der Waals surface area contributed by atoms with E-state index < -0.39 is 0 Å². The Labute approximate surface area is 167 Å². The molecule has 1 aliphatic heterocycles. The molecule has 3 amide bonds. The van der Waals surface area contributed by atoms with Gasteiger partial charge in [0.25, 0.3) is 5.91 Å². The van der Waals surface area contributed by atoms with Gasteiger partial charge in [-0.25, -0.2) is 9.78 Å². The average Bonchev–Trinajstić information content (AvgIpc) is 2.72. The number of nitrogens with zero attached hydrogens (tertiary/aromatic N) is 2. The summed E-state index contributed by atoms with van der Waals surface area (Å²) < 4.78 is 0. The van der Waals surface area contributed by atoms with E-state index in [-0.39, 0.29) is 18.0 Å². The van der Waals surface area contributed by atoms with Crippen molar-refractivity contribution in [3.05, 3.63) is 23.9 Å². The molecule has 7 nitrogen and oxygen atoms in total. The normalized spacial score (nSPS) is 20.5. The molecule has 2 aliphatic rings. The van der Waals surface area contributed by atoms with Gasteiger partial charge < -0.3 is 20.9 Å². The Kier molecular flexibility index (Phi) is 7.51. The number of piperidine rings is 1. The Morgan fingerprint density at radius 3 is 2.68 bits per heavy atom. The molecule has 1 unspecified atom stereocenters. The zero-order valence-corrected chi connectivity index (χ0v) is 16.9. The summed E-state index contributed by atoms with van der Waals surface area (Å²) in [6.07, 6.45) is 9.86. The summed E-state index contributed by atoms with van der Waals surface area (Å²) in [5.74, 6) is 1.38. The highest BCUT2D eigenvalue weighted by Crippen LogP contribution is 2.21. The van der Waals surface area contributed by atoms with E-state index in [2.05, 4.69) is 32.8 Å². The van der Waals surface area contributed by atoms with Gasteiger partial charge in [-0.3, -0.25) is 4.79 Å². The fourth-order valence-corrected chi connectivity index (χ4v) is 4.07. The summed E-state index contributed by atoms with van der Waals surface area (Å²) in [7, 11) is 0. The maximum Gasteiger partial charge on any atom is 0.315 e. The van der Waals surface area contributed by atoms with Crippen molar-refractivity contribution in [1.29, 1.82) is 0 Å². The van der Waals surface area contributed by atoms with Crippen LogP contribution in [0.5, 0.6) is 0 Å². The lowest BCUT2D eigenvalue weighted by molar-refractivity contribution is 0.0953. The monoisotopic (exact) mass is 387 g/mol. The maximum absolute atomic E-state index is 12.4. The van der Waals surface area contributed by atoms with Crippen molar-refractivity contribution in [2.24, 2.45) is 5.92 Å². The molecule has 154 valence electrons. The van der Waals surface area contributed by atoms with E-state index in [9.17, 15) is 9.59 Å². The molecule has 1 aliphatic carbocycles. The molecule has 7 heteroatoms. The summed E-state index contributed by atoms with van der Waals surface area (Å²) in [4.78, 5) is 31.0. The number of nitrogens with one attached hydrogen (secondary N) is 3. The minimum atomic E-state index is -0.147. The molecule has 3 N–H and O–H groups in total. The number of urea groups is 1. The van der Waals surface area contributed by atoms with Crippen LogP contribution in [-0.4, -0.2) is 49.1 Å². The molecule has 0 aromatic carbocycles. The van der Waals surface area contributed by atoms with Crippen LogP contribution in [0.15, 0.2) is 18.3 Å². The molecular weight excluding hydrogens is 354 g/mol. The van der Waals surface area contributed by atoms with E-state index in [1.807, 2.05) is 6.07 Å². The standard InChI is InChI=1S/C21H33N5O2/c1-16-6-5-13-26(15-16)19-14-17(9-10-22-19)20(27)23-11-12-24-21(28)25-18-7-3-2-4-8-18/h9-10,14,16,18H,2-8,11-13,15H2,1H3,(H,23,27)(H2,24,25,28). The summed E-state index contributed by atoms with van der Waals surface area (Å²) in [6.45, 7) is 5.03. The zero-order chi connectivity index (χ0) is 19.8. The summed E-state index contributed by atoms with van der Waals surface area (Å²) in [6, 6.07) is 3.73. The highest BCUT2D eigenvalue weighted by molar-refractivity contribution is 5.94. The van der Waals surface area contributed by atoms with E-state index in [1.54, 1.807) is 12.3 Å². The van der Waals surface area contributed by atoms with Gasteiger partial charge in [-0.1, -0.05) is 26.2 Å². The van der Waals surface area contributed by atoms with Crippen molar-refractivity contribution < 1.29 is 9.59 Å². The van der Waals surface area contributed by atoms with Gasteiger partial charge in [0.2, 0.25) is 0 Å². The molecule has 3 rings (SSSR count). The molecule has 2 heterocycles. The highest BCUT2D eigenvalue weighted by Gasteiger charge is 2.19. The highest BCUT2D eigenvalue weighted by atomic mass is 16.2. The van der Waals surface area contributed by atoms with E-state index in [1.165, 1.54) is 25.7 Å². The number of hydrogen-bond donors (Lipinski definition) is 3. The van der Waals surface area contributed by atoms with Crippen LogP contribution in [0, 0.1) is 5.92 Å². The number of pyridine rings is 1. The van der Waals surface area contributed by atoms with Crippen molar-refractivity contribution in [2.45, 2.75) is 57.9 Å². The van der Waals surface area contributed by atoms with Crippen molar-refractivity contribution in [3.63, 3.8) is 0 Å². The first kappa shape index (κ1) is 20.4. The van der Waals surface area contributed by atoms with Gasteiger partial charge in [0, 0.05) is 44.0 Å². The Bertz CT molecular complexity index is 660. The van der Waals surface area contributed by atoms with Crippen LogP contribution >= 0.6 is 0 Å². The van der Waals surface area contributed by atoms with Crippen molar-refractivity contribution in [1.82, 2.24) is 20.9 Å². The second-order valence-electron chi connectivity index (χ2n) is 8.09. The largest absolute Gasteiger partial charge is 0.356 e. The van der Waals surface area contributed by atoms with Crippen LogP contribution in [0.1, 0.15) is 62.2 Å². The molecule has 0 spiro atoms. The average molecular weight is 388 g/mol. The van der Waals surface area contributed by atoms with Crippen LogP contribution in [0.25, 0.3) is 0 Å². The Balaban J connectivity index is 1.39. The third kappa shape index (κ3) is 6.11. The molecule has 1 saturated heterocycles. The number of carbonyl (C=O) groups is 2. The minimum Gasteiger partial charge on any atom is -0.356 e. The topological polar surface area (TPSA) is 86.4 Å². The second kappa shape index (κ2) is 10.3. The quantitative estimate of drug-likeness (QED) is 0.655. The molecule has 1 saturated carbocycles. The SMILES string of the molecule is CC1CCCN(c2cc(C(=O)NCCNC(=O)NC3CCCCC3)ccn2)C1. The predicted octanol–water partition coefficient (Wildman–Crippen LogP) is 2.68. The van der Waals surface area contributed by atoms with Crippen LogP contribution in [0.3, 0.4) is 0 Å². The van der Waals surface area contributed by atoms with Crippen LogP contribution in [0.4, 0.5) is 10.6 Å². The van der Waals surface area contributed by atoms with E-state index >= 15 is 0 Å². The van der Waals surface area contributed by atoms with Crippen molar-refractivity contribution in [3.8, 4) is 0 Å². The summed E-state index contributed by atoms with van der Waals surface area (Å²) in [5, 5.41) is 8.70. The Morgan fingerprint density at radius 1 is 1.11 bits per heavy atom. The first-order valence-electron chi connectivity index (χ1n) is 10.7. The summed E-state index contributed by atoms with van der Waals surface area (Å²) in [5.41, 5.74) is 0.606. The van der Waals surface area contributed by atoms with Crippen molar-refractivity contribution >= 4 is 17.8 Å². The van der Waals surface area contributed by atoms with E-state index in [0.29, 0.717) is 24.6 Å². The van der Waals surface area contributed by atoms with Crippen LogP contribution in [0.2, 0.25) is 0 Å². The predicted molar refractivity (Wildman–Crippen MR) is 111 cm³/mol. The van der Waals surface area contributed by atoms with Gasteiger partial charge >= 0.3 is 6.03 Å². The zero-order valence-electron chi connectivity index (χ0n) is 16.9. The number of carbonyl (C=O) groups excluding carboxylic acids is 2. The van der Waals surface area contributed by atoms with E-state index in [4.69, 9.17) is 0 Å². The maximum atomic E-state index is 12.4. The Hall–Kier alpha value is -2.31. The fraction of sp³-hybridized carbons (Fsp3) is 0.667. The molecule has 28 heavy (non-hydrogen) atoms. The number of aromatic nitrogens is 1. The molecule has 1 atom stereocenters. The third-order valence-electron chi connectivity index (χ3n) is 5.63. The molecule has 2 fully saturated rings. The number of anilines is 1. The lowest BCUT2D eigenvalue weighted by Gasteiger charge is -2.31. The molecule has 0 bridgehead atoms. The fourth-order valence-electron chi connectivity index (χ4n) is 4.07. The first-order valence-corrected chi connectivity index (χ1v) is 10.7. The smallest absolute Gasteiger partial charge is 0.315 e. The lowest BCUT2D eigenvalue weighted by atomic mass is 9.96. The second-order valence-corrected chi connectivity index (χ2v) is 8.09. The molecule has 1 aromatic heterocycles. The number of hydrogen-bond acceptors (Lipinski definition) is 4. The molecule has 0 radical (unpaired) electrons. The number of amides is 3. The minimum absolute atomic E-state index is 0.136. The van der Waals surface area contributed by atoms with Gasteiger partial charge in [0.05, 0.1) is 0 Å². The first-order chi connectivity index (χ1) is 13.6. The van der Waals surface area contributed by atoms with Crippen molar-refractivity contribution in [2.75, 3.05) is 31.1 Å². The van der Waals surface area contributed by atoms with Gasteiger partial charge in [-0.05, 0) is 43.7 Å². The third-order valence-corrected chi connectivity index (χ3v) is 5.63. The summed E-state index contributed by atoms with van der Waals surface area (Å²) >= 11 is 0. The van der Waals surface area contributed by atoms with E-state index in [0.717, 1.165) is 38.2 Å². The molecular formula is C21H33N5O2. The van der Waals surface area contributed by atoms with Gasteiger partial charge in [0.15, 0.2) is 0 Å². The van der Waals surface area contributed by atoms with Gasteiger partial charge in [-0.15, -0.1) is 0 Å². The van der Waals surface area contributed by atoms with Gasteiger partial charge in [-0.2, -0.15) is 0 Å². The lowest BCUT2D eigenvalue weighted by Crippen LogP contribution is -2.45. The number of rotatable bonds is 6. The van der Waals surface area contributed by atoms with Crippen LogP contribution in [-0.2, 0) is 0 Å². The molecule has 1 aromatic rings.